The fraction of sp³-hybridized carbons (Fsp3) is 0.714. The average molecular weight is 279 g/mol. The number of likely N-dealkylation sites (N-methyl/N-ethyl adjacent to an activating group) is 1. The van der Waals surface area contributed by atoms with E-state index in [4.69, 9.17) is 10.5 Å². The first-order valence-electron chi connectivity index (χ1n) is 7.36. The summed E-state index contributed by atoms with van der Waals surface area (Å²) in [4.78, 5) is 10.7. The molecule has 6 nitrogen and oxygen atoms in total. The van der Waals surface area contributed by atoms with Crippen molar-refractivity contribution in [2.45, 2.75) is 45.8 Å². The second kappa shape index (κ2) is 6.74. The Morgan fingerprint density at radius 3 is 2.80 bits per heavy atom. The SMILES string of the molecule is CCN(CCNc1ncnc(OC(C)C)c1N)C1CC1. The molecule has 1 heterocycles. The number of nitrogens with one attached hydrogen (secondary N) is 1. The number of anilines is 2. The van der Waals surface area contributed by atoms with Gasteiger partial charge in [0.25, 0.3) is 0 Å². The van der Waals surface area contributed by atoms with E-state index in [2.05, 4.69) is 27.1 Å². The third kappa shape index (κ3) is 3.96. The lowest BCUT2D eigenvalue weighted by molar-refractivity contribution is 0.234. The lowest BCUT2D eigenvalue weighted by atomic mass is 10.4. The first-order chi connectivity index (χ1) is 9.61. The van der Waals surface area contributed by atoms with Gasteiger partial charge in [-0.05, 0) is 33.2 Å². The van der Waals surface area contributed by atoms with Crippen LogP contribution in [0.2, 0.25) is 0 Å². The molecule has 20 heavy (non-hydrogen) atoms. The van der Waals surface area contributed by atoms with Crippen LogP contribution in [0.5, 0.6) is 5.88 Å². The van der Waals surface area contributed by atoms with Gasteiger partial charge in [-0.15, -0.1) is 0 Å². The van der Waals surface area contributed by atoms with Gasteiger partial charge in [0.15, 0.2) is 5.82 Å². The van der Waals surface area contributed by atoms with Gasteiger partial charge in [-0.1, -0.05) is 6.92 Å². The topological polar surface area (TPSA) is 76.3 Å². The van der Waals surface area contributed by atoms with Crippen LogP contribution in [0.25, 0.3) is 0 Å². The number of nitrogen functional groups attached to an aromatic ring is 1. The van der Waals surface area contributed by atoms with Gasteiger partial charge in [0, 0.05) is 19.1 Å². The Bertz CT molecular complexity index is 434. The average Bonchev–Trinajstić information content (AvgIpc) is 3.22. The Balaban J connectivity index is 1.88. The molecule has 0 aromatic carbocycles. The van der Waals surface area contributed by atoms with Gasteiger partial charge in [-0.25, -0.2) is 4.98 Å². The summed E-state index contributed by atoms with van der Waals surface area (Å²) in [6.07, 6.45) is 4.19. The number of ether oxygens (including phenoxy) is 1. The molecule has 112 valence electrons. The second-order valence-corrected chi connectivity index (χ2v) is 5.39. The monoisotopic (exact) mass is 279 g/mol. The Kier molecular flexibility index (Phi) is 5.00. The van der Waals surface area contributed by atoms with Gasteiger partial charge >= 0.3 is 0 Å². The predicted octanol–water partition coefficient (Wildman–Crippen LogP) is 1.74. The van der Waals surface area contributed by atoms with Gasteiger partial charge in [-0.2, -0.15) is 4.98 Å². The van der Waals surface area contributed by atoms with E-state index in [1.807, 2.05) is 13.8 Å². The molecule has 0 saturated heterocycles. The highest BCUT2D eigenvalue weighted by Crippen LogP contribution is 2.27. The van der Waals surface area contributed by atoms with E-state index in [1.54, 1.807) is 0 Å². The van der Waals surface area contributed by atoms with Crippen LogP contribution in [0, 0.1) is 0 Å². The zero-order valence-electron chi connectivity index (χ0n) is 12.6. The molecule has 2 rings (SSSR count). The van der Waals surface area contributed by atoms with Crippen LogP contribution in [0.4, 0.5) is 11.5 Å². The summed E-state index contributed by atoms with van der Waals surface area (Å²) < 4.78 is 5.56. The van der Waals surface area contributed by atoms with E-state index in [0.717, 1.165) is 25.7 Å². The van der Waals surface area contributed by atoms with Crippen molar-refractivity contribution in [2.24, 2.45) is 0 Å². The number of hydrogen-bond acceptors (Lipinski definition) is 6. The van der Waals surface area contributed by atoms with Crippen LogP contribution in [-0.2, 0) is 0 Å². The minimum absolute atomic E-state index is 0.0468. The van der Waals surface area contributed by atoms with Crippen LogP contribution in [0.1, 0.15) is 33.6 Å². The van der Waals surface area contributed by atoms with Crippen LogP contribution in [-0.4, -0.2) is 46.6 Å². The van der Waals surface area contributed by atoms with Crippen LogP contribution in [0.15, 0.2) is 6.33 Å². The predicted molar refractivity (Wildman–Crippen MR) is 81.0 cm³/mol. The molecule has 6 heteroatoms. The van der Waals surface area contributed by atoms with Gasteiger partial charge in [0.05, 0.1) is 6.10 Å². The van der Waals surface area contributed by atoms with E-state index in [9.17, 15) is 0 Å². The lowest BCUT2D eigenvalue weighted by Gasteiger charge is -2.20. The van der Waals surface area contributed by atoms with E-state index >= 15 is 0 Å². The largest absolute Gasteiger partial charge is 0.473 e. The van der Waals surface area contributed by atoms with E-state index in [-0.39, 0.29) is 6.10 Å². The standard InChI is InChI=1S/C14H25N5O/c1-4-19(11-5-6-11)8-7-16-13-12(15)14(18-9-17-13)20-10(2)3/h9-11H,4-8,15H2,1-3H3,(H,16,17,18). The first kappa shape index (κ1) is 14.8. The molecule has 1 aromatic rings. The molecule has 0 atom stereocenters. The van der Waals surface area contributed by atoms with Crippen molar-refractivity contribution >= 4 is 11.5 Å². The van der Waals surface area contributed by atoms with Gasteiger partial charge < -0.3 is 15.8 Å². The molecule has 1 aliphatic carbocycles. The highest BCUT2D eigenvalue weighted by Gasteiger charge is 2.27. The molecule has 1 saturated carbocycles. The Morgan fingerprint density at radius 1 is 1.45 bits per heavy atom. The molecule has 0 radical (unpaired) electrons. The summed E-state index contributed by atoms with van der Waals surface area (Å²) in [5, 5.41) is 3.28. The maximum Gasteiger partial charge on any atom is 0.242 e. The fourth-order valence-electron chi connectivity index (χ4n) is 2.19. The summed E-state index contributed by atoms with van der Waals surface area (Å²) >= 11 is 0. The van der Waals surface area contributed by atoms with Crippen molar-refractivity contribution in [1.29, 1.82) is 0 Å². The maximum atomic E-state index is 6.03. The first-order valence-corrected chi connectivity index (χ1v) is 7.36. The third-order valence-corrected chi connectivity index (χ3v) is 3.36. The van der Waals surface area contributed by atoms with Gasteiger partial charge in [0.1, 0.15) is 12.0 Å². The summed E-state index contributed by atoms with van der Waals surface area (Å²) in [7, 11) is 0. The number of nitrogens with two attached hydrogens (primary N) is 1. The minimum atomic E-state index is 0.0468. The lowest BCUT2D eigenvalue weighted by Crippen LogP contribution is -2.31. The summed E-state index contributed by atoms with van der Waals surface area (Å²) in [5.74, 6) is 1.11. The minimum Gasteiger partial charge on any atom is -0.473 e. The van der Waals surface area contributed by atoms with Crippen LogP contribution >= 0.6 is 0 Å². The van der Waals surface area contributed by atoms with E-state index in [1.165, 1.54) is 19.2 Å². The summed E-state index contributed by atoms with van der Waals surface area (Å²) in [6.45, 7) is 9.02. The Hall–Kier alpha value is -1.56. The summed E-state index contributed by atoms with van der Waals surface area (Å²) in [5.41, 5.74) is 6.51. The molecule has 1 fully saturated rings. The Labute approximate surface area is 120 Å². The molecule has 1 aromatic heterocycles. The molecule has 3 N–H and O–H groups in total. The molecule has 0 bridgehead atoms. The zero-order valence-corrected chi connectivity index (χ0v) is 12.6. The molecule has 0 amide bonds. The van der Waals surface area contributed by atoms with Gasteiger partial charge in [-0.3, -0.25) is 4.90 Å². The second-order valence-electron chi connectivity index (χ2n) is 5.39. The normalized spacial score (nSPS) is 14.8. The van der Waals surface area contributed by atoms with Crippen molar-refractivity contribution in [1.82, 2.24) is 14.9 Å². The van der Waals surface area contributed by atoms with E-state index in [0.29, 0.717) is 17.4 Å². The van der Waals surface area contributed by atoms with Crippen molar-refractivity contribution < 1.29 is 4.74 Å². The Morgan fingerprint density at radius 2 is 2.20 bits per heavy atom. The molecule has 0 unspecified atom stereocenters. The number of hydrogen-bond donors (Lipinski definition) is 2. The molecule has 0 aliphatic heterocycles. The van der Waals surface area contributed by atoms with Crippen molar-refractivity contribution in [2.75, 3.05) is 30.7 Å². The molecular weight excluding hydrogens is 254 g/mol. The third-order valence-electron chi connectivity index (χ3n) is 3.36. The van der Waals surface area contributed by atoms with E-state index < -0.39 is 0 Å². The number of nitrogens with zero attached hydrogens (tertiary/aromatic N) is 3. The smallest absolute Gasteiger partial charge is 0.242 e. The summed E-state index contributed by atoms with van der Waals surface area (Å²) in [6, 6.07) is 0.782. The highest BCUT2D eigenvalue weighted by molar-refractivity contribution is 5.66. The highest BCUT2D eigenvalue weighted by atomic mass is 16.5. The molecular formula is C14H25N5O. The van der Waals surface area contributed by atoms with Gasteiger partial charge in [0.2, 0.25) is 5.88 Å². The maximum absolute atomic E-state index is 6.03. The van der Waals surface area contributed by atoms with Crippen LogP contribution in [0.3, 0.4) is 0 Å². The molecule has 1 aliphatic rings. The number of aromatic nitrogens is 2. The van der Waals surface area contributed by atoms with Crippen molar-refractivity contribution in [3.8, 4) is 5.88 Å². The zero-order chi connectivity index (χ0) is 14.5. The van der Waals surface area contributed by atoms with Crippen molar-refractivity contribution in [3.63, 3.8) is 0 Å². The number of rotatable bonds is 8. The fourth-order valence-corrected chi connectivity index (χ4v) is 2.19. The molecule has 0 spiro atoms. The van der Waals surface area contributed by atoms with Crippen molar-refractivity contribution in [3.05, 3.63) is 6.33 Å². The quantitative estimate of drug-likeness (QED) is 0.755. The van der Waals surface area contributed by atoms with Crippen LogP contribution < -0.4 is 15.8 Å².